The molecule has 5 nitrogen and oxygen atoms in total. The first-order chi connectivity index (χ1) is 9.58. The highest BCUT2D eigenvalue weighted by Gasteiger charge is 2.25. The summed E-state index contributed by atoms with van der Waals surface area (Å²) in [4.78, 5) is 31.6. The molecular formula is C14H17N3O2S. The lowest BCUT2D eigenvalue weighted by Gasteiger charge is -2.30. The van der Waals surface area contributed by atoms with Crippen LogP contribution in [0.1, 0.15) is 35.8 Å². The Morgan fingerprint density at radius 1 is 1.50 bits per heavy atom. The highest BCUT2D eigenvalue weighted by molar-refractivity contribution is 7.15. The van der Waals surface area contributed by atoms with Gasteiger partial charge in [0, 0.05) is 30.4 Å². The van der Waals surface area contributed by atoms with Crippen molar-refractivity contribution in [3.8, 4) is 0 Å². The van der Waals surface area contributed by atoms with Crippen molar-refractivity contribution in [1.29, 1.82) is 0 Å². The minimum atomic E-state index is -0.253. The summed E-state index contributed by atoms with van der Waals surface area (Å²) in [6.07, 6.45) is 3.57. The summed E-state index contributed by atoms with van der Waals surface area (Å²) in [5.74, 6) is 0.309. The third-order valence-electron chi connectivity index (χ3n) is 3.79. The van der Waals surface area contributed by atoms with Gasteiger partial charge in [-0.3, -0.25) is 14.0 Å². The summed E-state index contributed by atoms with van der Waals surface area (Å²) < 4.78 is 1.52. The summed E-state index contributed by atoms with van der Waals surface area (Å²) >= 11 is 1.41. The van der Waals surface area contributed by atoms with E-state index in [0.29, 0.717) is 10.9 Å². The smallest absolute Gasteiger partial charge is 0.271 e. The molecule has 106 valence electrons. The molecule has 0 aliphatic carbocycles. The maximum atomic E-state index is 12.5. The Hall–Kier alpha value is -1.69. The molecule has 1 aliphatic rings. The van der Waals surface area contributed by atoms with Crippen molar-refractivity contribution in [2.45, 2.75) is 26.7 Å². The van der Waals surface area contributed by atoms with Crippen molar-refractivity contribution in [3.05, 3.63) is 33.2 Å². The van der Waals surface area contributed by atoms with Crippen molar-refractivity contribution in [2.24, 2.45) is 5.92 Å². The predicted octanol–water partition coefficient (Wildman–Crippen LogP) is 1.94. The molecule has 1 fully saturated rings. The molecule has 3 heterocycles. The molecule has 0 saturated carbocycles. The number of piperidine rings is 1. The van der Waals surface area contributed by atoms with E-state index in [2.05, 4.69) is 11.9 Å². The van der Waals surface area contributed by atoms with Gasteiger partial charge in [0.15, 0.2) is 4.96 Å². The van der Waals surface area contributed by atoms with Crippen molar-refractivity contribution < 1.29 is 4.79 Å². The molecule has 0 spiro atoms. The number of amides is 1. The van der Waals surface area contributed by atoms with Crippen molar-refractivity contribution >= 4 is 22.2 Å². The molecule has 1 atom stereocenters. The molecule has 2 aromatic heterocycles. The summed E-state index contributed by atoms with van der Waals surface area (Å²) in [6.45, 7) is 5.44. The molecule has 20 heavy (non-hydrogen) atoms. The summed E-state index contributed by atoms with van der Waals surface area (Å²) in [5, 5.41) is 1.88. The number of fused-ring (bicyclic) bond motifs is 1. The number of aryl methyl sites for hydroxylation is 1. The van der Waals surface area contributed by atoms with Gasteiger partial charge in [-0.25, -0.2) is 4.98 Å². The van der Waals surface area contributed by atoms with E-state index in [1.54, 1.807) is 4.90 Å². The number of likely N-dealkylation sites (tertiary alicyclic amines) is 1. The van der Waals surface area contributed by atoms with Gasteiger partial charge in [-0.2, -0.15) is 0 Å². The summed E-state index contributed by atoms with van der Waals surface area (Å²) in [6, 6.07) is 0. The molecular weight excluding hydrogens is 274 g/mol. The van der Waals surface area contributed by atoms with E-state index >= 15 is 0 Å². The zero-order valence-electron chi connectivity index (χ0n) is 11.6. The third kappa shape index (κ3) is 2.14. The Kier molecular flexibility index (Phi) is 3.33. The van der Waals surface area contributed by atoms with Crippen LogP contribution in [0.4, 0.5) is 0 Å². The highest BCUT2D eigenvalue weighted by Crippen LogP contribution is 2.17. The van der Waals surface area contributed by atoms with Gasteiger partial charge in [0.05, 0.1) is 0 Å². The first-order valence-electron chi connectivity index (χ1n) is 6.83. The van der Waals surface area contributed by atoms with E-state index in [-0.39, 0.29) is 17.0 Å². The molecule has 0 aromatic carbocycles. The summed E-state index contributed by atoms with van der Waals surface area (Å²) in [5.41, 5.74) is 0.749. The second-order valence-electron chi connectivity index (χ2n) is 5.47. The maximum absolute atomic E-state index is 12.5. The molecule has 3 rings (SSSR count). The van der Waals surface area contributed by atoms with Gasteiger partial charge in [0.25, 0.3) is 11.5 Å². The normalized spacial score (nSPS) is 19.5. The molecule has 0 radical (unpaired) electrons. The minimum absolute atomic E-state index is 0.179. The van der Waals surface area contributed by atoms with Gasteiger partial charge in [-0.1, -0.05) is 6.92 Å². The fourth-order valence-electron chi connectivity index (χ4n) is 2.72. The van der Waals surface area contributed by atoms with E-state index in [4.69, 9.17) is 0 Å². The lowest BCUT2D eigenvalue weighted by molar-refractivity contribution is 0.0680. The largest absolute Gasteiger partial charge is 0.338 e. The maximum Gasteiger partial charge on any atom is 0.271 e. The fourth-order valence-corrected chi connectivity index (χ4v) is 3.54. The Labute approximate surface area is 120 Å². The van der Waals surface area contributed by atoms with Crippen molar-refractivity contribution in [2.75, 3.05) is 13.1 Å². The quantitative estimate of drug-likeness (QED) is 0.807. The van der Waals surface area contributed by atoms with Gasteiger partial charge in [0.2, 0.25) is 0 Å². The molecule has 1 saturated heterocycles. The van der Waals surface area contributed by atoms with E-state index in [1.165, 1.54) is 21.9 Å². The van der Waals surface area contributed by atoms with Crippen LogP contribution in [0.25, 0.3) is 4.96 Å². The third-order valence-corrected chi connectivity index (χ3v) is 4.75. The van der Waals surface area contributed by atoms with Gasteiger partial charge in [0.1, 0.15) is 5.56 Å². The number of hydrogen-bond donors (Lipinski definition) is 0. The SMILES string of the molecule is Cc1csc2ncc(C(=O)N3CCCC(C)C3)c(=O)n12. The number of hydrogen-bond acceptors (Lipinski definition) is 4. The number of thiazole rings is 1. The summed E-state index contributed by atoms with van der Waals surface area (Å²) in [7, 11) is 0. The second kappa shape index (κ2) is 5.01. The minimum Gasteiger partial charge on any atom is -0.338 e. The molecule has 6 heteroatoms. The van der Waals surface area contributed by atoms with Crippen molar-refractivity contribution in [1.82, 2.24) is 14.3 Å². The lowest BCUT2D eigenvalue weighted by Crippen LogP contribution is -2.41. The topological polar surface area (TPSA) is 54.7 Å². The molecule has 0 bridgehead atoms. The van der Waals surface area contributed by atoms with Crippen LogP contribution < -0.4 is 5.56 Å². The number of carbonyl (C=O) groups is 1. The zero-order chi connectivity index (χ0) is 14.3. The highest BCUT2D eigenvalue weighted by atomic mass is 32.1. The van der Waals surface area contributed by atoms with E-state index in [0.717, 1.165) is 31.6 Å². The Bertz CT molecular complexity index is 719. The van der Waals surface area contributed by atoms with Gasteiger partial charge >= 0.3 is 0 Å². The predicted molar refractivity (Wildman–Crippen MR) is 78.4 cm³/mol. The zero-order valence-corrected chi connectivity index (χ0v) is 12.4. The Morgan fingerprint density at radius 3 is 3.05 bits per heavy atom. The van der Waals surface area contributed by atoms with Crippen LogP contribution in [0.5, 0.6) is 0 Å². The van der Waals surface area contributed by atoms with E-state index in [1.807, 2.05) is 12.3 Å². The lowest BCUT2D eigenvalue weighted by atomic mass is 10.00. The number of nitrogens with zero attached hydrogens (tertiary/aromatic N) is 3. The molecule has 1 amide bonds. The van der Waals surface area contributed by atoms with Crippen molar-refractivity contribution in [3.63, 3.8) is 0 Å². The van der Waals surface area contributed by atoms with Gasteiger partial charge < -0.3 is 4.90 Å². The number of carbonyl (C=O) groups excluding carboxylic acids is 1. The van der Waals surface area contributed by atoms with Crippen LogP contribution in [0.15, 0.2) is 16.4 Å². The number of rotatable bonds is 1. The number of aromatic nitrogens is 2. The molecule has 1 aliphatic heterocycles. The average molecular weight is 291 g/mol. The van der Waals surface area contributed by atoms with Crippen LogP contribution in [0, 0.1) is 12.8 Å². The van der Waals surface area contributed by atoms with E-state index < -0.39 is 0 Å². The van der Waals surface area contributed by atoms with Gasteiger partial charge in [-0.05, 0) is 25.7 Å². The second-order valence-corrected chi connectivity index (χ2v) is 6.31. The first-order valence-corrected chi connectivity index (χ1v) is 7.71. The molecule has 1 unspecified atom stereocenters. The van der Waals surface area contributed by atoms with Crippen LogP contribution in [-0.2, 0) is 0 Å². The average Bonchev–Trinajstić information content (AvgIpc) is 2.81. The molecule has 2 aromatic rings. The first kappa shape index (κ1) is 13.3. The van der Waals surface area contributed by atoms with Crippen LogP contribution >= 0.6 is 11.3 Å². The van der Waals surface area contributed by atoms with Crippen LogP contribution in [-0.4, -0.2) is 33.3 Å². The van der Waals surface area contributed by atoms with E-state index in [9.17, 15) is 9.59 Å². The van der Waals surface area contributed by atoms with Gasteiger partial charge in [-0.15, -0.1) is 11.3 Å². The standard InChI is InChI=1S/C14H17N3O2S/c1-9-4-3-5-16(7-9)12(18)11-6-15-14-17(13(11)19)10(2)8-20-14/h6,8-9H,3-5,7H2,1-2H3. The van der Waals surface area contributed by atoms with Crippen LogP contribution in [0.2, 0.25) is 0 Å². The van der Waals surface area contributed by atoms with Crippen LogP contribution in [0.3, 0.4) is 0 Å². The Balaban J connectivity index is 2.01. The monoisotopic (exact) mass is 291 g/mol. The molecule has 0 N–H and O–H groups in total. The Morgan fingerprint density at radius 2 is 2.30 bits per heavy atom. The fraction of sp³-hybridized carbons (Fsp3) is 0.500.